The molecule has 0 saturated carbocycles. The van der Waals surface area contributed by atoms with E-state index in [2.05, 4.69) is 9.72 Å². The molecule has 1 aromatic rings. The molecule has 0 saturated heterocycles. The summed E-state index contributed by atoms with van der Waals surface area (Å²) in [5.41, 5.74) is 0. The second-order valence-electron chi connectivity index (χ2n) is 2.78. The van der Waals surface area contributed by atoms with Crippen LogP contribution in [0.25, 0.3) is 0 Å². The summed E-state index contributed by atoms with van der Waals surface area (Å²) in [5.74, 6) is -0.222. The molecule has 14 heavy (non-hydrogen) atoms. The van der Waals surface area contributed by atoms with Gasteiger partial charge < -0.3 is 9.30 Å². The molecule has 5 heteroatoms. The highest BCUT2D eigenvalue weighted by Gasteiger charge is 2.16. The average Bonchev–Trinajstić information content (AvgIpc) is 2.63. The summed E-state index contributed by atoms with van der Waals surface area (Å²) < 4.78 is 6.63. The first-order valence-corrected chi connectivity index (χ1v) is 5.32. The van der Waals surface area contributed by atoms with E-state index in [4.69, 9.17) is 0 Å². The fraction of sp³-hybridized carbons (Fsp3) is 0.556. The van der Waals surface area contributed by atoms with Crippen LogP contribution in [-0.4, -0.2) is 27.9 Å². The van der Waals surface area contributed by atoms with Gasteiger partial charge in [0.1, 0.15) is 5.25 Å². The molecule has 1 heterocycles. The highest BCUT2D eigenvalue weighted by Crippen LogP contribution is 2.21. The van der Waals surface area contributed by atoms with Crippen molar-refractivity contribution < 1.29 is 9.53 Å². The Hall–Kier alpha value is -0.970. The number of aryl methyl sites for hydroxylation is 1. The van der Waals surface area contributed by atoms with Crippen LogP contribution in [0, 0.1) is 0 Å². The standard InChI is InChI=1S/C9H14N2O2S/c1-4-11-6-5-10-9(11)14-7(2)8(12)13-3/h5-7H,4H2,1-3H3. The molecule has 1 aromatic heterocycles. The first kappa shape index (κ1) is 11.1. The van der Waals surface area contributed by atoms with Crippen molar-refractivity contribution >= 4 is 17.7 Å². The van der Waals surface area contributed by atoms with E-state index in [0.29, 0.717) is 0 Å². The van der Waals surface area contributed by atoms with E-state index in [-0.39, 0.29) is 11.2 Å². The number of thioether (sulfide) groups is 1. The van der Waals surface area contributed by atoms with Crippen molar-refractivity contribution in [1.82, 2.24) is 9.55 Å². The van der Waals surface area contributed by atoms with Gasteiger partial charge in [-0.3, -0.25) is 4.79 Å². The van der Waals surface area contributed by atoms with Gasteiger partial charge in [0.05, 0.1) is 7.11 Å². The topological polar surface area (TPSA) is 44.1 Å². The zero-order valence-electron chi connectivity index (χ0n) is 8.56. The van der Waals surface area contributed by atoms with E-state index < -0.39 is 0 Å². The van der Waals surface area contributed by atoms with Crippen LogP contribution in [0.15, 0.2) is 17.6 Å². The molecule has 0 N–H and O–H groups in total. The number of imidazole rings is 1. The van der Waals surface area contributed by atoms with Crippen LogP contribution < -0.4 is 0 Å². The molecule has 0 radical (unpaired) electrons. The maximum atomic E-state index is 11.2. The molecule has 0 aliphatic rings. The van der Waals surface area contributed by atoms with Gasteiger partial charge in [0.25, 0.3) is 0 Å². The minimum atomic E-state index is -0.222. The van der Waals surface area contributed by atoms with Crippen molar-refractivity contribution in [3.63, 3.8) is 0 Å². The summed E-state index contributed by atoms with van der Waals surface area (Å²) in [7, 11) is 1.39. The lowest BCUT2D eigenvalue weighted by Gasteiger charge is -2.09. The van der Waals surface area contributed by atoms with Crippen molar-refractivity contribution in [3.8, 4) is 0 Å². The predicted molar refractivity (Wildman–Crippen MR) is 55.2 cm³/mol. The van der Waals surface area contributed by atoms with Gasteiger partial charge >= 0.3 is 5.97 Å². The van der Waals surface area contributed by atoms with E-state index in [1.165, 1.54) is 18.9 Å². The summed E-state index contributed by atoms with van der Waals surface area (Å²) in [6.07, 6.45) is 3.63. The molecule has 1 unspecified atom stereocenters. The first-order valence-electron chi connectivity index (χ1n) is 4.44. The Balaban J connectivity index is 2.64. The molecule has 78 valence electrons. The Morgan fingerprint density at radius 1 is 1.79 bits per heavy atom. The first-order chi connectivity index (χ1) is 6.69. The third-order valence-corrected chi connectivity index (χ3v) is 2.93. The van der Waals surface area contributed by atoms with Crippen LogP contribution in [-0.2, 0) is 16.1 Å². The minimum Gasteiger partial charge on any atom is -0.468 e. The van der Waals surface area contributed by atoms with Gasteiger partial charge in [-0.2, -0.15) is 0 Å². The number of rotatable bonds is 4. The largest absolute Gasteiger partial charge is 0.468 e. The third-order valence-electron chi connectivity index (χ3n) is 1.83. The molecule has 0 aliphatic heterocycles. The molecule has 0 amide bonds. The maximum absolute atomic E-state index is 11.2. The Kier molecular flexibility index (Phi) is 4.00. The molecule has 0 aliphatic carbocycles. The lowest BCUT2D eigenvalue weighted by molar-refractivity contribution is -0.139. The van der Waals surface area contributed by atoms with Gasteiger partial charge in [0, 0.05) is 18.9 Å². The van der Waals surface area contributed by atoms with Gasteiger partial charge in [0.2, 0.25) is 0 Å². The Bertz CT molecular complexity index is 312. The van der Waals surface area contributed by atoms with Crippen LogP contribution in [0.3, 0.4) is 0 Å². The zero-order chi connectivity index (χ0) is 10.6. The average molecular weight is 214 g/mol. The molecule has 0 bridgehead atoms. The normalized spacial score (nSPS) is 12.5. The fourth-order valence-electron chi connectivity index (χ4n) is 1.03. The van der Waals surface area contributed by atoms with Crippen LogP contribution in [0.4, 0.5) is 0 Å². The van der Waals surface area contributed by atoms with Gasteiger partial charge in [-0.05, 0) is 13.8 Å². The van der Waals surface area contributed by atoms with Crippen molar-refractivity contribution in [3.05, 3.63) is 12.4 Å². The molecule has 0 fully saturated rings. The molecular formula is C9H14N2O2S. The van der Waals surface area contributed by atoms with Crippen LogP contribution in [0.2, 0.25) is 0 Å². The number of carbonyl (C=O) groups is 1. The lowest BCUT2D eigenvalue weighted by atomic mass is 10.5. The van der Waals surface area contributed by atoms with Crippen molar-refractivity contribution in [2.75, 3.05) is 7.11 Å². The number of hydrogen-bond donors (Lipinski definition) is 0. The fourth-order valence-corrected chi connectivity index (χ4v) is 1.98. The van der Waals surface area contributed by atoms with Crippen molar-refractivity contribution in [1.29, 1.82) is 0 Å². The van der Waals surface area contributed by atoms with Crippen LogP contribution in [0.5, 0.6) is 0 Å². The van der Waals surface area contributed by atoms with Gasteiger partial charge in [-0.15, -0.1) is 0 Å². The third kappa shape index (κ3) is 2.51. The van der Waals surface area contributed by atoms with Crippen LogP contribution >= 0.6 is 11.8 Å². The molecule has 4 nitrogen and oxygen atoms in total. The highest BCUT2D eigenvalue weighted by atomic mass is 32.2. The second kappa shape index (κ2) is 5.05. The summed E-state index contributed by atoms with van der Waals surface area (Å²) in [4.78, 5) is 15.3. The Labute approximate surface area is 87.7 Å². The quantitative estimate of drug-likeness (QED) is 0.563. The number of methoxy groups -OCH3 is 1. The molecular weight excluding hydrogens is 200 g/mol. The number of nitrogens with zero attached hydrogens (tertiary/aromatic N) is 2. The summed E-state index contributed by atoms with van der Waals surface area (Å²) in [6, 6.07) is 0. The maximum Gasteiger partial charge on any atom is 0.318 e. The molecule has 0 aromatic carbocycles. The SMILES string of the molecule is CCn1ccnc1SC(C)C(=O)OC. The minimum absolute atomic E-state index is 0.215. The molecule has 0 spiro atoms. The molecule has 1 rings (SSSR count). The zero-order valence-corrected chi connectivity index (χ0v) is 9.37. The summed E-state index contributed by atoms with van der Waals surface area (Å²) in [5, 5.41) is 0.637. The van der Waals surface area contributed by atoms with Crippen molar-refractivity contribution in [2.24, 2.45) is 0 Å². The predicted octanol–water partition coefficient (Wildman–Crippen LogP) is 1.56. The summed E-state index contributed by atoms with van der Waals surface area (Å²) >= 11 is 1.41. The van der Waals surface area contributed by atoms with Gasteiger partial charge in [-0.25, -0.2) is 4.98 Å². The van der Waals surface area contributed by atoms with E-state index in [1.54, 1.807) is 6.20 Å². The van der Waals surface area contributed by atoms with Crippen LogP contribution in [0.1, 0.15) is 13.8 Å². The number of esters is 1. The Morgan fingerprint density at radius 2 is 2.50 bits per heavy atom. The van der Waals surface area contributed by atoms with Crippen molar-refractivity contribution in [2.45, 2.75) is 30.8 Å². The number of aromatic nitrogens is 2. The van der Waals surface area contributed by atoms with E-state index in [9.17, 15) is 4.79 Å². The highest BCUT2D eigenvalue weighted by molar-refractivity contribution is 8.00. The number of carbonyl (C=O) groups excluding carboxylic acids is 1. The van der Waals surface area contributed by atoms with Gasteiger partial charge in [0.15, 0.2) is 5.16 Å². The number of ether oxygens (including phenoxy) is 1. The smallest absolute Gasteiger partial charge is 0.318 e. The van der Waals surface area contributed by atoms with E-state index >= 15 is 0 Å². The monoisotopic (exact) mass is 214 g/mol. The molecule has 1 atom stereocenters. The number of hydrogen-bond acceptors (Lipinski definition) is 4. The van der Waals surface area contributed by atoms with E-state index in [0.717, 1.165) is 11.7 Å². The lowest BCUT2D eigenvalue weighted by Crippen LogP contribution is -2.15. The Morgan fingerprint density at radius 3 is 3.07 bits per heavy atom. The second-order valence-corrected chi connectivity index (χ2v) is 4.09. The summed E-state index contributed by atoms with van der Waals surface area (Å²) in [6.45, 7) is 4.70. The van der Waals surface area contributed by atoms with Gasteiger partial charge in [-0.1, -0.05) is 11.8 Å². The van der Waals surface area contributed by atoms with E-state index in [1.807, 2.05) is 24.6 Å².